The molecule has 146 valence electrons. The molecule has 0 radical (unpaired) electrons. The number of nitrogens with zero attached hydrogens (tertiary/aromatic N) is 2. The average Bonchev–Trinajstić information content (AvgIpc) is 2.66. The Morgan fingerprint density at radius 3 is 2.68 bits per heavy atom. The Balaban J connectivity index is 2.31. The molecule has 3 rings (SSSR count). The van der Waals surface area contributed by atoms with Crippen molar-refractivity contribution in [1.29, 1.82) is 0 Å². The summed E-state index contributed by atoms with van der Waals surface area (Å²) in [7, 11) is 0. The zero-order valence-corrected chi connectivity index (χ0v) is 17.0. The number of esters is 1. The van der Waals surface area contributed by atoms with Crippen LogP contribution in [0.5, 0.6) is 0 Å². The van der Waals surface area contributed by atoms with E-state index in [1.54, 1.807) is 17.6 Å². The van der Waals surface area contributed by atoms with Crippen molar-refractivity contribution in [3.05, 3.63) is 63.0 Å². The minimum atomic E-state index is -0.316. The highest BCUT2D eigenvalue weighted by molar-refractivity contribution is 6.30. The molecule has 0 N–H and O–H groups in total. The normalized spacial score (nSPS) is 11.0. The molecule has 0 fully saturated rings. The van der Waals surface area contributed by atoms with Crippen molar-refractivity contribution in [2.24, 2.45) is 0 Å². The second-order valence-electron chi connectivity index (χ2n) is 6.54. The van der Waals surface area contributed by atoms with E-state index >= 15 is 0 Å². The predicted octanol–water partition coefficient (Wildman–Crippen LogP) is 4.54. The summed E-state index contributed by atoms with van der Waals surface area (Å²) in [5, 5.41) is 1.45. The van der Waals surface area contributed by atoms with Crippen LogP contribution in [0.25, 0.3) is 22.2 Å². The van der Waals surface area contributed by atoms with E-state index in [9.17, 15) is 9.59 Å². The third kappa shape index (κ3) is 3.94. The first kappa shape index (κ1) is 20.1. The minimum absolute atomic E-state index is 0.132. The number of benzene rings is 1. The molecule has 0 unspecified atom stereocenters. The fourth-order valence-corrected chi connectivity index (χ4v) is 3.62. The van der Waals surface area contributed by atoms with Crippen LogP contribution in [0.15, 0.2) is 41.2 Å². The number of carbonyl (C=O) groups is 1. The summed E-state index contributed by atoms with van der Waals surface area (Å²) in [4.78, 5) is 29.9. The van der Waals surface area contributed by atoms with Crippen LogP contribution in [0.1, 0.15) is 31.5 Å². The van der Waals surface area contributed by atoms with Crippen LogP contribution in [-0.2, 0) is 22.5 Å². The van der Waals surface area contributed by atoms with Crippen LogP contribution in [0, 0.1) is 6.92 Å². The standard InChI is InChI=1S/C22H23ClN2O3/c1-4-25-21-17(10-9-14(3)24-21)20(15-7-6-8-16(23)13-15)18(22(25)27)11-12-19(26)28-5-2/h6-10,13H,4-5,11-12H2,1-3H3. The van der Waals surface area contributed by atoms with Gasteiger partial charge in [0.05, 0.1) is 6.61 Å². The third-order valence-electron chi connectivity index (χ3n) is 4.66. The van der Waals surface area contributed by atoms with Gasteiger partial charge in [-0.2, -0.15) is 0 Å². The smallest absolute Gasteiger partial charge is 0.306 e. The molecule has 1 aromatic carbocycles. The SMILES string of the molecule is CCOC(=O)CCc1c(-c2cccc(Cl)c2)c2ccc(C)nc2n(CC)c1=O. The largest absolute Gasteiger partial charge is 0.466 e. The van der Waals surface area contributed by atoms with Gasteiger partial charge in [0.15, 0.2) is 0 Å². The lowest BCUT2D eigenvalue weighted by Gasteiger charge is -2.17. The van der Waals surface area contributed by atoms with Gasteiger partial charge in [0, 0.05) is 40.2 Å². The molecule has 0 saturated carbocycles. The Bertz CT molecular complexity index is 1090. The number of hydrogen-bond donors (Lipinski definition) is 0. The van der Waals surface area contributed by atoms with E-state index in [-0.39, 0.29) is 17.9 Å². The Labute approximate surface area is 168 Å². The van der Waals surface area contributed by atoms with Crippen LogP contribution in [0.3, 0.4) is 0 Å². The van der Waals surface area contributed by atoms with Gasteiger partial charge in [-0.1, -0.05) is 23.7 Å². The van der Waals surface area contributed by atoms with Crippen molar-refractivity contribution in [1.82, 2.24) is 9.55 Å². The average molecular weight is 399 g/mol. The summed E-state index contributed by atoms with van der Waals surface area (Å²) < 4.78 is 6.71. The van der Waals surface area contributed by atoms with E-state index in [1.165, 1.54) is 0 Å². The van der Waals surface area contributed by atoms with Gasteiger partial charge in [-0.05, 0) is 57.0 Å². The fraction of sp³-hybridized carbons (Fsp3) is 0.318. The maximum absolute atomic E-state index is 13.3. The molecule has 0 aliphatic carbocycles. The fourth-order valence-electron chi connectivity index (χ4n) is 3.43. The number of aromatic nitrogens is 2. The van der Waals surface area contributed by atoms with Crippen molar-refractivity contribution >= 4 is 28.6 Å². The Morgan fingerprint density at radius 2 is 2.00 bits per heavy atom. The van der Waals surface area contributed by atoms with E-state index < -0.39 is 0 Å². The summed E-state index contributed by atoms with van der Waals surface area (Å²) in [5.41, 5.74) is 3.54. The first-order chi connectivity index (χ1) is 13.5. The van der Waals surface area contributed by atoms with E-state index in [0.717, 1.165) is 22.2 Å². The molecule has 0 spiro atoms. The summed E-state index contributed by atoms with van der Waals surface area (Å²) in [6.45, 7) is 6.40. The number of carbonyl (C=O) groups excluding carboxylic acids is 1. The molecule has 5 nitrogen and oxygen atoms in total. The van der Waals surface area contributed by atoms with Crippen molar-refractivity contribution in [2.45, 2.75) is 40.2 Å². The molecule has 0 atom stereocenters. The number of pyridine rings is 2. The lowest BCUT2D eigenvalue weighted by atomic mass is 9.94. The quantitative estimate of drug-likeness (QED) is 0.572. The van der Waals surface area contributed by atoms with Crippen LogP contribution >= 0.6 is 11.6 Å². The zero-order valence-electron chi connectivity index (χ0n) is 16.3. The zero-order chi connectivity index (χ0) is 20.3. The van der Waals surface area contributed by atoms with E-state index in [4.69, 9.17) is 16.3 Å². The Hall–Kier alpha value is -2.66. The summed E-state index contributed by atoms with van der Waals surface area (Å²) >= 11 is 6.22. The minimum Gasteiger partial charge on any atom is -0.466 e. The highest BCUT2D eigenvalue weighted by Crippen LogP contribution is 2.32. The summed E-state index contributed by atoms with van der Waals surface area (Å²) in [6, 6.07) is 11.3. The van der Waals surface area contributed by atoms with Crippen molar-refractivity contribution in [3.8, 4) is 11.1 Å². The van der Waals surface area contributed by atoms with E-state index in [2.05, 4.69) is 4.98 Å². The lowest BCUT2D eigenvalue weighted by Crippen LogP contribution is -2.26. The second kappa shape index (κ2) is 8.57. The van der Waals surface area contributed by atoms with Crippen LogP contribution < -0.4 is 5.56 Å². The monoisotopic (exact) mass is 398 g/mol. The second-order valence-corrected chi connectivity index (χ2v) is 6.98. The Morgan fingerprint density at radius 1 is 1.21 bits per heavy atom. The maximum atomic E-state index is 13.3. The molecule has 0 amide bonds. The molecule has 3 aromatic rings. The van der Waals surface area contributed by atoms with Gasteiger partial charge >= 0.3 is 5.97 Å². The first-order valence-corrected chi connectivity index (χ1v) is 9.78. The molecule has 2 aromatic heterocycles. The van der Waals surface area contributed by atoms with Crippen LogP contribution in [-0.4, -0.2) is 22.1 Å². The number of fused-ring (bicyclic) bond motifs is 1. The number of rotatable bonds is 6. The molecule has 0 saturated heterocycles. The van der Waals surface area contributed by atoms with Gasteiger partial charge in [0.25, 0.3) is 5.56 Å². The summed E-state index contributed by atoms with van der Waals surface area (Å²) in [5.74, 6) is -0.316. The molecule has 0 aliphatic heterocycles. The number of hydrogen-bond acceptors (Lipinski definition) is 4. The lowest BCUT2D eigenvalue weighted by molar-refractivity contribution is -0.143. The van der Waals surface area contributed by atoms with Gasteiger partial charge in [-0.15, -0.1) is 0 Å². The van der Waals surface area contributed by atoms with Gasteiger partial charge in [0.2, 0.25) is 0 Å². The topological polar surface area (TPSA) is 61.2 Å². The molecule has 2 heterocycles. The maximum Gasteiger partial charge on any atom is 0.306 e. The van der Waals surface area contributed by atoms with Crippen LogP contribution in [0.4, 0.5) is 0 Å². The van der Waals surface area contributed by atoms with Gasteiger partial charge in [-0.25, -0.2) is 4.98 Å². The highest BCUT2D eigenvalue weighted by Gasteiger charge is 2.20. The van der Waals surface area contributed by atoms with Gasteiger partial charge in [-0.3, -0.25) is 14.2 Å². The Kier molecular flexibility index (Phi) is 6.15. The third-order valence-corrected chi connectivity index (χ3v) is 4.89. The molecular weight excluding hydrogens is 376 g/mol. The molecule has 0 bridgehead atoms. The van der Waals surface area contributed by atoms with E-state index in [0.29, 0.717) is 35.8 Å². The molecule has 28 heavy (non-hydrogen) atoms. The van der Waals surface area contributed by atoms with Gasteiger partial charge in [0.1, 0.15) is 5.65 Å². The number of ether oxygens (including phenoxy) is 1. The predicted molar refractivity (Wildman–Crippen MR) is 112 cm³/mol. The van der Waals surface area contributed by atoms with E-state index in [1.807, 2.05) is 44.2 Å². The molecule has 6 heteroatoms. The first-order valence-electron chi connectivity index (χ1n) is 9.40. The van der Waals surface area contributed by atoms with Crippen molar-refractivity contribution in [3.63, 3.8) is 0 Å². The summed E-state index contributed by atoms with van der Waals surface area (Å²) in [6.07, 6.45) is 0.439. The highest BCUT2D eigenvalue weighted by atomic mass is 35.5. The van der Waals surface area contributed by atoms with Crippen LogP contribution in [0.2, 0.25) is 5.02 Å². The van der Waals surface area contributed by atoms with Crippen molar-refractivity contribution in [2.75, 3.05) is 6.61 Å². The number of halogens is 1. The van der Waals surface area contributed by atoms with Gasteiger partial charge < -0.3 is 4.74 Å². The number of aryl methyl sites for hydroxylation is 2. The van der Waals surface area contributed by atoms with Crippen molar-refractivity contribution < 1.29 is 9.53 Å². The molecule has 0 aliphatic rings. The molecular formula is C22H23ClN2O3.